The van der Waals surface area contributed by atoms with Gasteiger partial charge in [0.2, 0.25) is 5.43 Å². The molecule has 4 aromatic rings. The van der Waals surface area contributed by atoms with Crippen LogP contribution in [-0.4, -0.2) is 23.6 Å². The molecule has 1 aliphatic heterocycles. The third-order valence-corrected chi connectivity index (χ3v) is 5.95. The number of nitrogens with zero attached hydrogens (tertiary/aromatic N) is 1. The van der Waals surface area contributed by atoms with Gasteiger partial charge in [-0.3, -0.25) is 9.59 Å². The zero-order valence-electron chi connectivity index (χ0n) is 18.1. The van der Waals surface area contributed by atoms with Crippen molar-refractivity contribution >= 4 is 16.7 Å². The molecule has 2 heterocycles. The van der Waals surface area contributed by atoms with Crippen molar-refractivity contribution in [1.82, 2.24) is 4.57 Å². The largest absolute Gasteiger partial charge is 0.486 e. The van der Waals surface area contributed by atoms with Crippen LogP contribution in [0.3, 0.4) is 0 Å². The number of aromatic nitrogens is 1. The number of fused-ring (bicyclic) bond motifs is 2. The fourth-order valence-electron chi connectivity index (χ4n) is 4.04. The van der Waals surface area contributed by atoms with Gasteiger partial charge in [0, 0.05) is 24.4 Å². The van der Waals surface area contributed by atoms with Crippen LogP contribution in [0.5, 0.6) is 11.5 Å². The van der Waals surface area contributed by atoms with E-state index in [2.05, 4.69) is 0 Å². The van der Waals surface area contributed by atoms with E-state index < -0.39 is 0 Å². The zero-order valence-corrected chi connectivity index (χ0v) is 18.1. The van der Waals surface area contributed by atoms with Gasteiger partial charge >= 0.3 is 0 Å². The second kappa shape index (κ2) is 8.00. The highest BCUT2D eigenvalue weighted by atomic mass is 16.6. The molecule has 5 nitrogen and oxygen atoms in total. The third kappa shape index (κ3) is 3.56. The monoisotopic (exact) mass is 425 g/mol. The van der Waals surface area contributed by atoms with Crippen molar-refractivity contribution in [3.05, 3.63) is 105 Å². The third-order valence-electron chi connectivity index (χ3n) is 5.95. The van der Waals surface area contributed by atoms with Crippen molar-refractivity contribution in [1.29, 1.82) is 0 Å². The maximum absolute atomic E-state index is 13.5. The molecule has 0 saturated carbocycles. The van der Waals surface area contributed by atoms with E-state index in [1.54, 1.807) is 18.3 Å². The molecule has 0 amide bonds. The first-order chi connectivity index (χ1) is 15.5. The first-order valence-corrected chi connectivity index (χ1v) is 10.6. The van der Waals surface area contributed by atoms with Crippen LogP contribution in [0.15, 0.2) is 71.7 Å². The smallest absolute Gasteiger partial charge is 0.200 e. The summed E-state index contributed by atoms with van der Waals surface area (Å²) in [6.45, 7) is 5.37. The van der Waals surface area contributed by atoms with Gasteiger partial charge in [-0.25, -0.2) is 0 Å². The average Bonchev–Trinajstić information content (AvgIpc) is 2.82. The summed E-state index contributed by atoms with van der Waals surface area (Å²) in [4.78, 5) is 26.9. The highest BCUT2D eigenvalue weighted by molar-refractivity contribution is 6.10. The van der Waals surface area contributed by atoms with Crippen LogP contribution < -0.4 is 14.9 Å². The summed E-state index contributed by atoms with van der Waals surface area (Å²) in [7, 11) is 0. The number of rotatable bonds is 4. The maximum atomic E-state index is 13.5. The Bertz CT molecular complexity index is 1400. The summed E-state index contributed by atoms with van der Waals surface area (Å²) in [5.74, 6) is 0.859. The predicted octanol–water partition coefficient (Wildman–Crippen LogP) is 4.67. The van der Waals surface area contributed by atoms with Crippen LogP contribution in [0.2, 0.25) is 0 Å². The number of pyridine rings is 1. The molecule has 0 N–H and O–H groups in total. The quantitative estimate of drug-likeness (QED) is 0.446. The van der Waals surface area contributed by atoms with Gasteiger partial charge in [0.05, 0.1) is 16.5 Å². The Kier molecular flexibility index (Phi) is 5.02. The summed E-state index contributed by atoms with van der Waals surface area (Å²) in [5, 5.41) is 0.444. The number of carbonyl (C=O) groups is 1. The first-order valence-electron chi connectivity index (χ1n) is 10.6. The topological polar surface area (TPSA) is 57.5 Å². The van der Waals surface area contributed by atoms with E-state index in [4.69, 9.17) is 9.47 Å². The number of hydrogen-bond acceptors (Lipinski definition) is 4. The van der Waals surface area contributed by atoms with Crippen molar-refractivity contribution in [2.45, 2.75) is 20.4 Å². The van der Waals surface area contributed by atoms with Crippen molar-refractivity contribution in [2.24, 2.45) is 0 Å². The van der Waals surface area contributed by atoms with E-state index in [1.165, 1.54) is 0 Å². The van der Waals surface area contributed by atoms with Gasteiger partial charge in [0.1, 0.15) is 13.2 Å². The van der Waals surface area contributed by atoms with Crippen LogP contribution in [0.4, 0.5) is 0 Å². The molecule has 5 heteroatoms. The minimum atomic E-state index is -0.301. The van der Waals surface area contributed by atoms with Crippen molar-refractivity contribution in [3.63, 3.8) is 0 Å². The van der Waals surface area contributed by atoms with Crippen molar-refractivity contribution in [3.8, 4) is 11.5 Å². The molecule has 0 aliphatic carbocycles. The van der Waals surface area contributed by atoms with Crippen LogP contribution in [0, 0.1) is 13.8 Å². The van der Waals surface area contributed by atoms with Gasteiger partial charge in [-0.05, 0) is 42.7 Å². The number of ketones is 1. The predicted molar refractivity (Wildman–Crippen MR) is 124 cm³/mol. The summed E-state index contributed by atoms with van der Waals surface area (Å²) in [5.41, 5.74) is 4.24. The molecular formula is C27H23NO4. The molecule has 160 valence electrons. The average molecular weight is 425 g/mol. The second-order valence-corrected chi connectivity index (χ2v) is 8.13. The van der Waals surface area contributed by atoms with E-state index in [0.29, 0.717) is 47.7 Å². The highest BCUT2D eigenvalue weighted by Crippen LogP contribution is 2.34. The maximum Gasteiger partial charge on any atom is 0.200 e. The van der Waals surface area contributed by atoms with Crippen LogP contribution in [0.25, 0.3) is 10.9 Å². The Morgan fingerprint density at radius 3 is 2.34 bits per heavy atom. The first kappa shape index (κ1) is 20.1. The lowest BCUT2D eigenvalue weighted by atomic mass is 9.98. The fourth-order valence-corrected chi connectivity index (χ4v) is 4.04. The van der Waals surface area contributed by atoms with Crippen molar-refractivity contribution in [2.75, 3.05) is 13.2 Å². The minimum Gasteiger partial charge on any atom is -0.486 e. The minimum absolute atomic E-state index is 0.147. The summed E-state index contributed by atoms with van der Waals surface area (Å²) < 4.78 is 13.4. The lowest BCUT2D eigenvalue weighted by Crippen LogP contribution is -2.21. The number of ether oxygens (including phenoxy) is 2. The van der Waals surface area contributed by atoms with Gasteiger partial charge in [-0.2, -0.15) is 0 Å². The SMILES string of the molecule is Cc1ccc(C(=O)c2cn(Cc3ccccc3)c3cc4c(cc3c2=O)OCCO4)cc1C. The summed E-state index contributed by atoms with van der Waals surface area (Å²) in [6.07, 6.45) is 1.67. The van der Waals surface area contributed by atoms with E-state index >= 15 is 0 Å². The molecule has 0 spiro atoms. The van der Waals surface area contributed by atoms with Crippen LogP contribution in [0.1, 0.15) is 32.6 Å². The highest BCUT2D eigenvalue weighted by Gasteiger charge is 2.21. The summed E-state index contributed by atoms with van der Waals surface area (Å²) >= 11 is 0. The van der Waals surface area contributed by atoms with E-state index in [9.17, 15) is 9.59 Å². The Morgan fingerprint density at radius 2 is 1.62 bits per heavy atom. The van der Waals surface area contributed by atoms with E-state index in [0.717, 1.165) is 16.7 Å². The molecule has 0 unspecified atom stereocenters. The molecular weight excluding hydrogens is 402 g/mol. The number of carbonyl (C=O) groups excluding carboxylic acids is 1. The molecule has 0 radical (unpaired) electrons. The van der Waals surface area contributed by atoms with Gasteiger partial charge in [-0.15, -0.1) is 0 Å². The fraction of sp³-hybridized carbons (Fsp3) is 0.185. The molecule has 0 bridgehead atoms. The van der Waals surface area contributed by atoms with Crippen LogP contribution >= 0.6 is 0 Å². The number of hydrogen-bond donors (Lipinski definition) is 0. The normalized spacial score (nSPS) is 12.7. The Labute approximate surface area is 185 Å². The van der Waals surface area contributed by atoms with Gasteiger partial charge in [0.25, 0.3) is 0 Å². The van der Waals surface area contributed by atoms with Crippen LogP contribution in [-0.2, 0) is 6.54 Å². The Morgan fingerprint density at radius 1 is 0.906 bits per heavy atom. The molecule has 1 aromatic heterocycles. The number of benzene rings is 3. The molecule has 0 atom stereocenters. The van der Waals surface area contributed by atoms with Gasteiger partial charge < -0.3 is 14.0 Å². The van der Waals surface area contributed by atoms with E-state index in [1.807, 2.05) is 66.9 Å². The van der Waals surface area contributed by atoms with E-state index in [-0.39, 0.29) is 16.8 Å². The van der Waals surface area contributed by atoms with Crippen molar-refractivity contribution < 1.29 is 14.3 Å². The Balaban J connectivity index is 1.72. The molecule has 32 heavy (non-hydrogen) atoms. The van der Waals surface area contributed by atoms with Gasteiger partial charge in [0.15, 0.2) is 17.3 Å². The molecule has 1 aliphatic rings. The lowest BCUT2D eigenvalue weighted by molar-refractivity contribution is 0.103. The lowest BCUT2D eigenvalue weighted by Gasteiger charge is -2.21. The number of aryl methyl sites for hydroxylation is 2. The molecule has 5 rings (SSSR count). The summed E-state index contributed by atoms with van der Waals surface area (Å²) in [6, 6.07) is 19.0. The molecule has 0 fully saturated rings. The second-order valence-electron chi connectivity index (χ2n) is 8.13. The molecule has 3 aromatic carbocycles. The zero-order chi connectivity index (χ0) is 22.2. The molecule has 0 saturated heterocycles. The standard InChI is InChI=1S/C27H23NO4/c1-17-8-9-20(12-18(17)2)26(29)22-16-28(15-19-6-4-3-5-7-19)23-14-25-24(31-10-11-32-25)13-21(23)27(22)30/h3-9,12-14,16H,10-11,15H2,1-2H3. The van der Waals surface area contributed by atoms with Gasteiger partial charge in [-0.1, -0.05) is 42.5 Å². The Hall–Kier alpha value is -3.86.